The zero-order valence-corrected chi connectivity index (χ0v) is 18.8. The molecule has 4 aliphatic rings. The van der Waals surface area contributed by atoms with Gasteiger partial charge in [0.25, 0.3) is 0 Å². The molecule has 4 aliphatic heterocycles. The van der Waals surface area contributed by atoms with Gasteiger partial charge in [-0.3, -0.25) is 6.92 Å². The van der Waals surface area contributed by atoms with E-state index in [0.29, 0.717) is 12.2 Å². The highest BCUT2D eigenvalue weighted by Crippen LogP contribution is 2.47. The zero-order chi connectivity index (χ0) is 21.1. The minimum atomic E-state index is -0.984. The largest absolute Gasteiger partial charge is 1.00 e. The molecule has 31 heavy (non-hydrogen) atoms. The van der Waals surface area contributed by atoms with Crippen molar-refractivity contribution in [3.63, 3.8) is 0 Å². The number of fused-ring (bicyclic) bond motifs is 3. The molecule has 0 radical (unpaired) electrons. The fourth-order valence-electron chi connectivity index (χ4n) is 4.55. The molecule has 0 amide bonds. The Bertz CT molecular complexity index is 808. The van der Waals surface area contributed by atoms with Crippen molar-refractivity contribution in [2.75, 3.05) is 0 Å². The van der Waals surface area contributed by atoms with E-state index in [1.54, 1.807) is 19.7 Å². The summed E-state index contributed by atoms with van der Waals surface area (Å²) in [6, 6.07) is 0. The summed E-state index contributed by atoms with van der Waals surface area (Å²) in [5.74, 6) is -1.14. The van der Waals surface area contributed by atoms with Crippen molar-refractivity contribution in [2.45, 2.75) is 82.7 Å². The van der Waals surface area contributed by atoms with Crippen molar-refractivity contribution in [2.24, 2.45) is 5.92 Å². The van der Waals surface area contributed by atoms with Gasteiger partial charge in [0.1, 0.15) is 18.3 Å². The van der Waals surface area contributed by atoms with Crippen LogP contribution in [-0.4, -0.2) is 59.0 Å². The summed E-state index contributed by atoms with van der Waals surface area (Å²) in [7, 11) is 0. The summed E-state index contributed by atoms with van der Waals surface area (Å²) < 4.78 is 42.6. The van der Waals surface area contributed by atoms with E-state index >= 15 is 0 Å². The van der Waals surface area contributed by atoms with Crippen LogP contribution in [0.1, 0.15) is 42.0 Å². The second kappa shape index (κ2) is 8.35. The number of aromatic nitrogens is 1. The average molecular weight is 458 g/mol. The molecule has 0 saturated carbocycles. The summed E-state index contributed by atoms with van der Waals surface area (Å²) in [6.45, 7) is 13.0. The predicted octanol–water partition coefficient (Wildman–Crippen LogP) is 2.66. The van der Waals surface area contributed by atoms with Gasteiger partial charge in [-0.05, 0) is 26.8 Å². The van der Waals surface area contributed by atoms with E-state index in [1.165, 1.54) is 11.3 Å². The predicted molar refractivity (Wildman–Crippen MR) is 112 cm³/mol. The molecule has 0 unspecified atom stereocenters. The summed E-state index contributed by atoms with van der Waals surface area (Å²) in [4.78, 5) is 4.38. The Kier molecular flexibility index (Phi) is 6.21. The van der Waals surface area contributed by atoms with Crippen LogP contribution in [0, 0.1) is 19.4 Å². The normalized spacial score (nSPS) is 43.4. The Morgan fingerprint density at radius 2 is 1.90 bits per heavy atom. The fraction of sp³-hybridized carbons (Fsp3) is 0.667. The Morgan fingerprint density at radius 3 is 2.58 bits per heavy atom. The quantitative estimate of drug-likeness (QED) is 0.635. The van der Waals surface area contributed by atoms with Crippen LogP contribution in [-0.2, 0) is 33.2 Å². The first kappa shape index (κ1) is 23.1. The molecule has 5 rings (SSSR count). The number of hydrogen-bond acceptors (Lipinski definition) is 9. The molecule has 3 saturated heterocycles. The van der Waals surface area contributed by atoms with E-state index in [4.69, 9.17) is 33.2 Å². The molecule has 10 heteroatoms. The molecule has 5 heterocycles. The van der Waals surface area contributed by atoms with E-state index in [-0.39, 0.29) is 38.7 Å². The summed E-state index contributed by atoms with van der Waals surface area (Å²) in [5.41, 5.74) is 0. The molecule has 8 atom stereocenters. The first-order chi connectivity index (χ1) is 14.2. The SMILES string of the molecule is O.[CH2-][C@@]1(C)O[C@@H]2[C@H](O1)[C@H]1OC(C)(C)O[C@H]1O[C@@H]2[C@H]1C=C(c2nccs2)O[C@@H](O[CH-]C)C1.[H+].[H+]. The zero-order valence-electron chi connectivity index (χ0n) is 20.0. The monoisotopic (exact) mass is 457 g/mol. The van der Waals surface area contributed by atoms with Gasteiger partial charge in [0.05, 0.1) is 6.10 Å². The van der Waals surface area contributed by atoms with Gasteiger partial charge in [-0.25, -0.2) is 11.6 Å². The maximum Gasteiger partial charge on any atom is 1.00 e. The molecule has 2 N–H and O–H groups in total. The summed E-state index contributed by atoms with van der Waals surface area (Å²) in [5, 5.41) is 2.71. The number of ether oxygens (including phenoxy) is 7. The van der Waals surface area contributed by atoms with Gasteiger partial charge in [0.2, 0.25) is 0 Å². The molecule has 0 bridgehead atoms. The highest BCUT2D eigenvalue weighted by atomic mass is 32.1. The minimum Gasteiger partial charge on any atom is -0.521 e. The van der Waals surface area contributed by atoms with Crippen molar-refractivity contribution in [1.29, 1.82) is 0 Å². The molecule has 3 fully saturated rings. The van der Waals surface area contributed by atoms with Gasteiger partial charge >= 0.3 is 2.85 Å². The van der Waals surface area contributed by atoms with Crippen molar-refractivity contribution >= 4 is 17.1 Å². The highest BCUT2D eigenvalue weighted by molar-refractivity contribution is 7.10. The Hall–Kier alpha value is -1.11. The number of hydrogen-bond donors (Lipinski definition) is 0. The van der Waals surface area contributed by atoms with Gasteiger partial charge in [-0.2, -0.15) is 6.92 Å². The van der Waals surface area contributed by atoms with Gasteiger partial charge in [0, 0.05) is 29.7 Å². The lowest BCUT2D eigenvalue weighted by Gasteiger charge is -2.43. The van der Waals surface area contributed by atoms with Crippen molar-refractivity contribution in [3.8, 4) is 0 Å². The second-order valence-corrected chi connectivity index (χ2v) is 9.45. The minimum absolute atomic E-state index is 0. The van der Waals surface area contributed by atoms with Gasteiger partial charge in [-0.15, -0.1) is 11.3 Å². The van der Waals surface area contributed by atoms with E-state index in [2.05, 4.69) is 11.9 Å². The highest BCUT2D eigenvalue weighted by Gasteiger charge is 2.60. The Morgan fingerprint density at radius 1 is 1.16 bits per heavy atom. The van der Waals surface area contributed by atoms with Crippen LogP contribution < -0.4 is 0 Å². The van der Waals surface area contributed by atoms with E-state index in [9.17, 15) is 0 Å². The summed E-state index contributed by atoms with van der Waals surface area (Å²) in [6.07, 6.45) is 1.92. The average Bonchev–Trinajstić information content (AvgIpc) is 3.36. The molecule has 1 aromatic heterocycles. The van der Waals surface area contributed by atoms with Gasteiger partial charge in [0.15, 0.2) is 29.1 Å². The Balaban J connectivity index is 0.00000128. The van der Waals surface area contributed by atoms with Gasteiger partial charge in [-0.1, -0.05) is 0 Å². The van der Waals surface area contributed by atoms with E-state index in [0.717, 1.165) is 5.01 Å². The second-order valence-electron chi connectivity index (χ2n) is 8.55. The third-order valence-corrected chi connectivity index (χ3v) is 6.35. The van der Waals surface area contributed by atoms with Crippen molar-refractivity contribution in [3.05, 3.63) is 36.2 Å². The third-order valence-electron chi connectivity index (χ3n) is 5.56. The molecule has 0 spiro atoms. The third kappa shape index (κ3) is 4.40. The van der Waals surface area contributed by atoms with E-state index < -0.39 is 24.2 Å². The van der Waals surface area contributed by atoms with Crippen LogP contribution in [0.2, 0.25) is 0 Å². The maximum absolute atomic E-state index is 6.42. The molecule has 174 valence electrons. The van der Waals surface area contributed by atoms with Crippen molar-refractivity contribution in [1.82, 2.24) is 4.98 Å². The molecule has 0 aromatic carbocycles. The fourth-order valence-corrected chi connectivity index (χ4v) is 5.16. The smallest absolute Gasteiger partial charge is 0.521 e. The molecular weight excluding hydrogens is 426 g/mol. The van der Waals surface area contributed by atoms with Crippen LogP contribution in [0.25, 0.3) is 5.76 Å². The molecule has 0 aliphatic carbocycles. The van der Waals surface area contributed by atoms with Gasteiger partial charge < -0.3 is 38.6 Å². The lowest BCUT2D eigenvalue weighted by molar-refractivity contribution is -0.246. The Labute approximate surface area is 188 Å². The molecule has 9 nitrogen and oxygen atoms in total. The maximum atomic E-state index is 6.42. The topological polar surface area (TPSA) is 109 Å². The van der Waals surface area contributed by atoms with Crippen LogP contribution in [0.5, 0.6) is 0 Å². The number of thiazole rings is 1. The molecule has 1 aromatic rings. The summed E-state index contributed by atoms with van der Waals surface area (Å²) >= 11 is 1.51. The lowest BCUT2D eigenvalue weighted by atomic mass is 9.86. The van der Waals surface area contributed by atoms with Crippen LogP contribution in [0.4, 0.5) is 0 Å². The standard InChI is InChI=1S/C21H27NO7S.H2O/c1-6-23-13-10-11(9-12(24-13)18-22-7-8-30-18)14-15-16(27-20(2,3)26-15)17-19(25-14)29-21(4,5)28-17;/h6-9,11,13-17,19H,2,10H2,1,3-5H3;1H2/q-2;/p+2/t11-,13+,14+,15-,16-,17+,19+,20+;/m0./s1. The lowest BCUT2D eigenvalue weighted by Crippen LogP contribution is -2.57. The van der Waals surface area contributed by atoms with Crippen molar-refractivity contribution < 1.29 is 41.5 Å². The first-order valence-electron chi connectivity index (χ1n) is 10.2. The van der Waals surface area contributed by atoms with E-state index in [1.807, 2.05) is 32.2 Å². The number of rotatable bonds is 4. The van der Waals surface area contributed by atoms with Crippen LogP contribution in [0.3, 0.4) is 0 Å². The van der Waals surface area contributed by atoms with Crippen LogP contribution >= 0.6 is 11.3 Å². The number of nitrogens with zero attached hydrogens (tertiary/aromatic N) is 1. The van der Waals surface area contributed by atoms with Crippen LogP contribution in [0.15, 0.2) is 17.7 Å². The molecular formula is C21H31NO8S. The first-order valence-corrected chi connectivity index (χ1v) is 11.1.